The number of benzene rings is 1. The Balaban J connectivity index is 2.99. The van der Waals surface area contributed by atoms with Gasteiger partial charge < -0.3 is 10.8 Å². The third-order valence-electron chi connectivity index (χ3n) is 2.19. The van der Waals surface area contributed by atoms with Crippen LogP contribution in [0.5, 0.6) is 0 Å². The number of nitrogens with two attached hydrogens (primary N) is 1. The lowest BCUT2D eigenvalue weighted by molar-refractivity contribution is -0.000451. The highest BCUT2D eigenvalue weighted by molar-refractivity contribution is 7.89. The summed E-state index contributed by atoms with van der Waals surface area (Å²) in [6.07, 6.45) is -5.18. The van der Waals surface area contributed by atoms with Gasteiger partial charge in [-0.15, -0.1) is 0 Å². The molecule has 0 saturated carbocycles. The van der Waals surface area contributed by atoms with Crippen LogP contribution in [-0.4, -0.2) is 32.6 Å². The van der Waals surface area contributed by atoms with E-state index in [-0.39, 0.29) is 16.1 Å². The second-order valence-electron chi connectivity index (χ2n) is 3.62. The van der Waals surface area contributed by atoms with E-state index in [4.69, 9.17) is 16.1 Å². The first-order valence-corrected chi connectivity index (χ1v) is 6.51. The molecule has 0 bridgehead atoms. The summed E-state index contributed by atoms with van der Waals surface area (Å²) in [5, 5.41) is 17.7. The van der Waals surface area contributed by atoms with Gasteiger partial charge in [-0.25, -0.2) is 21.9 Å². The van der Waals surface area contributed by atoms with E-state index in [0.29, 0.717) is 0 Å². The molecule has 0 heterocycles. The van der Waals surface area contributed by atoms with Crippen molar-refractivity contribution in [1.29, 1.82) is 5.26 Å². The number of nitrogen functional groups attached to an aromatic ring is 1. The molecule has 0 aliphatic carbocycles. The zero-order valence-corrected chi connectivity index (χ0v) is 10.4. The number of nitriles is 1. The van der Waals surface area contributed by atoms with Gasteiger partial charge in [-0.05, 0) is 18.2 Å². The maximum Gasteiger partial charge on any atom is 0.265 e. The van der Waals surface area contributed by atoms with Crippen molar-refractivity contribution in [2.75, 3.05) is 12.3 Å². The van der Waals surface area contributed by atoms with Crippen molar-refractivity contribution in [1.82, 2.24) is 4.72 Å². The van der Waals surface area contributed by atoms with Crippen LogP contribution in [-0.2, 0) is 10.0 Å². The highest BCUT2D eigenvalue weighted by Crippen LogP contribution is 2.18. The predicted molar refractivity (Wildman–Crippen MR) is 62.8 cm³/mol. The molecule has 0 aliphatic rings. The topological polar surface area (TPSA) is 116 Å². The van der Waals surface area contributed by atoms with Crippen molar-refractivity contribution < 1.29 is 22.3 Å². The second-order valence-corrected chi connectivity index (χ2v) is 5.36. The smallest absolute Gasteiger partial charge is 0.265 e. The first-order chi connectivity index (χ1) is 8.77. The lowest BCUT2D eigenvalue weighted by atomic mass is 10.2. The molecule has 0 saturated heterocycles. The number of nitrogens with one attached hydrogen (secondary N) is 1. The summed E-state index contributed by atoms with van der Waals surface area (Å²) < 4.78 is 49.5. The normalized spacial score (nSPS) is 13.2. The molecule has 0 radical (unpaired) electrons. The number of aliphatic hydroxyl groups excluding tert-OH is 1. The minimum atomic E-state index is -4.17. The third-order valence-corrected chi connectivity index (χ3v) is 3.67. The molecule has 1 unspecified atom stereocenters. The van der Waals surface area contributed by atoms with E-state index < -0.39 is 29.1 Å². The van der Waals surface area contributed by atoms with Gasteiger partial charge in [0.05, 0.1) is 10.5 Å². The van der Waals surface area contributed by atoms with Crippen LogP contribution >= 0.6 is 0 Å². The van der Waals surface area contributed by atoms with Crippen molar-refractivity contribution in [2.45, 2.75) is 17.4 Å². The molecule has 1 atom stereocenters. The summed E-state index contributed by atoms with van der Waals surface area (Å²) in [4.78, 5) is -0.384. The van der Waals surface area contributed by atoms with Gasteiger partial charge in [0.1, 0.15) is 12.2 Å². The fraction of sp³-hybridized carbons (Fsp3) is 0.300. The van der Waals surface area contributed by atoms with E-state index in [0.717, 1.165) is 12.1 Å². The minimum Gasteiger partial charge on any atom is -0.399 e. The summed E-state index contributed by atoms with van der Waals surface area (Å²) in [6.45, 7) is -0.852. The zero-order valence-electron chi connectivity index (χ0n) is 9.55. The molecule has 104 valence electrons. The molecular weight excluding hydrogens is 280 g/mol. The standard InChI is InChI=1S/C10H11F2N3O3S/c11-10(12)8(16)5-15-19(17,18)9-2-1-7(14)3-6(9)4-13/h1-3,8,10,15-16H,5,14H2. The monoisotopic (exact) mass is 291 g/mol. The number of sulfonamides is 1. The van der Waals surface area contributed by atoms with E-state index >= 15 is 0 Å². The first kappa shape index (κ1) is 15.3. The summed E-state index contributed by atoms with van der Waals surface area (Å²) in [6, 6.07) is 5.15. The van der Waals surface area contributed by atoms with Gasteiger partial charge in [-0.3, -0.25) is 0 Å². The van der Waals surface area contributed by atoms with Crippen LogP contribution in [0.1, 0.15) is 5.56 Å². The molecule has 0 aromatic heterocycles. The van der Waals surface area contributed by atoms with Crippen LogP contribution in [0.2, 0.25) is 0 Å². The molecule has 19 heavy (non-hydrogen) atoms. The van der Waals surface area contributed by atoms with Gasteiger partial charge in [0, 0.05) is 12.2 Å². The fourth-order valence-electron chi connectivity index (χ4n) is 1.23. The fourth-order valence-corrected chi connectivity index (χ4v) is 2.42. The maximum atomic E-state index is 12.1. The molecule has 0 fully saturated rings. The predicted octanol–water partition coefficient (Wildman–Crippen LogP) is 0.0448. The van der Waals surface area contributed by atoms with E-state index in [1.54, 1.807) is 10.8 Å². The van der Waals surface area contributed by atoms with E-state index in [1.807, 2.05) is 0 Å². The van der Waals surface area contributed by atoms with E-state index in [9.17, 15) is 17.2 Å². The number of rotatable bonds is 5. The summed E-state index contributed by atoms with van der Waals surface area (Å²) in [7, 11) is -4.17. The SMILES string of the molecule is N#Cc1cc(N)ccc1S(=O)(=O)NCC(O)C(F)F. The highest BCUT2D eigenvalue weighted by Gasteiger charge is 2.23. The first-order valence-electron chi connectivity index (χ1n) is 5.03. The van der Waals surface area contributed by atoms with Crippen LogP contribution in [0.4, 0.5) is 14.5 Å². The van der Waals surface area contributed by atoms with Crippen LogP contribution in [0.25, 0.3) is 0 Å². The van der Waals surface area contributed by atoms with Gasteiger partial charge in [-0.2, -0.15) is 5.26 Å². The number of anilines is 1. The Morgan fingerprint density at radius 3 is 2.63 bits per heavy atom. The van der Waals surface area contributed by atoms with Gasteiger partial charge in [0.25, 0.3) is 6.43 Å². The molecule has 1 rings (SSSR count). The average Bonchev–Trinajstić information content (AvgIpc) is 2.35. The number of halogens is 2. The molecular formula is C10H11F2N3O3S. The Morgan fingerprint density at radius 1 is 1.47 bits per heavy atom. The summed E-state index contributed by atoms with van der Waals surface area (Å²) in [5.41, 5.74) is 5.39. The van der Waals surface area contributed by atoms with Gasteiger partial charge in [-0.1, -0.05) is 0 Å². The van der Waals surface area contributed by atoms with Crippen molar-refractivity contribution in [2.24, 2.45) is 0 Å². The second kappa shape index (κ2) is 5.92. The van der Waals surface area contributed by atoms with E-state index in [2.05, 4.69) is 0 Å². The Bertz CT molecular complexity index is 599. The third kappa shape index (κ3) is 3.85. The number of alkyl halides is 2. The number of nitrogens with zero attached hydrogens (tertiary/aromatic N) is 1. The zero-order chi connectivity index (χ0) is 14.6. The maximum absolute atomic E-state index is 12.1. The Hall–Kier alpha value is -1.76. The van der Waals surface area contributed by atoms with Crippen LogP contribution in [0.3, 0.4) is 0 Å². The largest absolute Gasteiger partial charge is 0.399 e. The highest BCUT2D eigenvalue weighted by atomic mass is 32.2. The molecule has 9 heteroatoms. The number of hydrogen-bond donors (Lipinski definition) is 3. The van der Waals surface area contributed by atoms with Gasteiger partial charge in [0.15, 0.2) is 0 Å². The van der Waals surface area contributed by atoms with E-state index in [1.165, 1.54) is 6.07 Å². The molecule has 0 spiro atoms. The molecule has 1 aromatic rings. The van der Waals surface area contributed by atoms with Gasteiger partial charge >= 0.3 is 0 Å². The lowest BCUT2D eigenvalue weighted by Crippen LogP contribution is -2.36. The minimum absolute atomic E-state index is 0.197. The van der Waals surface area contributed by atoms with Gasteiger partial charge in [0.2, 0.25) is 10.0 Å². The van der Waals surface area contributed by atoms with Crippen molar-refractivity contribution in [3.8, 4) is 6.07 Å². The van der Waals surface area contributed by atoms with Crippen LogP contribution in [0, 0.1) is 11.3 Å². The lowest BCUT2D eigenvalue weighted by Gasteiger charge is -2.12. The summed E-state index contributed by atoms with van der Waals surface area (Å²) in [5.74, 6) is 0. The van der Waals surface area contributed by atoms with Crippen molar-refractivity contribution in [3.05, 3.63) is 23.8 Å². The quantitative estimate of drug-likeness (QED) is 0.662. The molecule has 1 aromatic carbocycles. The number of aliphatic hydroxyl groups is 1. The average molecular weight is 291 g/mol. The molecule has 6 nitrogen and oxygen atoms in total. The van der Waals surface area contributed by atoms with Crippen LogP contribution in [0.15, 0.2) is 23.1 Å². The Labute approximate surface area is 108 Å². The molecule has 4 N–H and O–H groups in total. The molecule has 0 amide bonds. The summed E-state index contributed by atoms with van der Waals surface area (Å²) >= 11 is 0. The van der Waals surface area contributed by atoms with Crippen LogP contribution < -0.4 is 10.5 Å². The van der Waals surface area contributed by atoms with Crippen molar-refractivity contribution >= 4 is 15.7 Å². The number of hydrogen-bond acceptors (Lipinski definition) is 5. The Morgan fingerprint density at radius 2 is 2.11 bits per heavy atom. The Kier molecular flexibility index (Phi) is 4.77. The van der Waals surface area contributed by atoms with Crippen molar-refractivity contribution in [3.63, 3.8) is 0 Å². The molecule has 0 aliphatic heterocycles.